The molecule has 2 aromatic carbocycles. The van der Waals surface area contributed by atoms with E-state index in [1.807, 2.05) is 0 Å². The van der Waals surface area contributed by atoms with Crippen molar-refractivity contribution in [1.29, 1.82) is 0 Å². The molecule has 9 atom stereocenters. The number of hydrogen-bond donors (Lipinski definition) is 6. The molecule has 0 saturated carbocycles. The third-order valence-corrected chi connectivity index (χ3v) is 11.1. The SMILES string of the molecule is CO[C@H]1/C=C/O[C@@]2(C)Oc3c(C)c(O)c4c(c3C2=O)C(=Nc2c(O)cc(F)cc2O)C=C(NC(=O)/C(C)=C\C=C\[C@H](C)[C@H](O)[C@@H](C)[C@@H](O)[C@@H](C)[C@H](OC(C)=O)[C@@H]1C)C4=O. The van der Waals surface area contributed by atoms with E-state index in [-0.39, 0.29) is 33.7 Å². The van der Waals surface area contributed by atoms with Gasteiger partial charge in [0.25, 0.3) is 11.7 Å². The quantitative estimate of drug-likeness (QED) is 0.221. The van der Waals surface area contributed by atoms with Gasteiger partial charge in [-0.05, 0) is 26.0 Å². The normalized spacial score (nSPS) is 31.7. The molecule has 0 fully saturated rings. The van der Waals surface area contributed by atoms with Crippen molar-refractivity contribution in [2.75, 3.05) is 7.11 Å². The predicted octanol–water partition coefficient (Wildman–Crippen LogP) is 5.12. The zero-order valence-corrected chi connectivity index (χ0v) is 34.1. The van der Waals surface area contributed by atoms with Crippen LogP contribution in [0.25, 0.3) is 0 Å². The summed E-state index contributed by atoms with van der Waals surface area (Å²) in [6, 6.07) is 1.36. The summed E-state index contributed by atoms with van der Waals surface area (Å²) in [6.07, 6.45) is 4.17. The van der Waals surface area contributed by atoms with Crippen molar-refractivity contribution in [2.24, 2.45) is 28.7 Å². The molecule has 3 aliphatic heterocycles. The van der Waals surface area contributed by atoms with Crippen LogP contribution >= 0.6 is 0 Å². The zero-order chi connectivity index (χ0) is 43.8. The van der Waals surface area contributed by atoms with Crippen LogP contribution in [-0.4, -0.2) is 92.0 Å². The molecule has 0 aromatic heterocycles. The van der Waals surface area contributed by atoms with Crippen molar-refractivity contribution in [2.45, 2.75) is 85.6 Å². The van der Waals surface area contributed by atoms with E-state index in [9.17, 15) is 49.1 Å². The molecule has 6 N–H and O–H groups in total. The summed E-state index contributed by atoms with van der Waals surface area (Å²) in [5, 5.41) is 58.0. The minimum Gasteiger partial charge on any atom is -0.507 e. The number of Topliss-reactive ketones (excluding diaryl/α,β-unsaturated/α-hetero) is 2. The third kappa shape index (κ3) is 8.51. The number of nitrogens with one attached hydrogen (secondary N) is 1. The number of fused-ring (bicyclic) bond motifs is 14. The van der Waals surface area contributed by atoms with Crippen LogP contribution in [-0.2, 0) is 23.8 Å². The van der Waals surface area contributed by atoms with Gasteiger partial charge in [0.1, 0.15) is 40.6 Å². The molecule has 0 saturated heterocycles. The van der Waals surface area contributed by atoms with Gasteiger partial charge in [-0.25, -0.2) is 9.38 Å². The molecule has 2 aromatic rings. The van der Waals surface area contributed by atoms with E-state index in [1.54, 1.807) is 33.8 Å². The molecule has 316 valence electrons. The topological polar surface area (TPSA) is 231 Å². The third-order valence-electron chi connectivity index (χ3n) is 11.1. The van der Waals surface area contributed by atoms with Crippen molar-refractivity contribution in [3.8, 4) is 23.0 Å². The summed E-state index contributed by atoms with van der Waals surface area (Å²) >= 11 is 0. The number of carbonyl (C=O) groups is 4. The van der Waals surface area contributed by atoms with Crippen LogP contribution in [0.3, 0.4) is 0 Å². The maximum atomic E-state index is 14.5. The first-order valence-electron chi connectivity index (χ1n) is 18.9. The monoisotopic (exact) mass is 820 g/mol. The molecular weight excluding hydrogens is 771 g/mol. The lowest BCUT2D eigenvalue weighted by Crippen LogP contribution is -2.46. The van der Waals surface area contributed by atoms with Crippen LogP contribution in [0.2, 0.25) is 0 Å². The highest BCUT2D eigenvalue weighted by atomic mass is 19.1. The summed E-state index contributed by atoms with van der Waals surface area (Å²) in [6.45, 7) is 12.1. The van der Waals surface area contributed by atoms with Crippen LogP contribution < -0.4 is 10.1 Å². The smallest absolute Gasteiger partial charge is 0.312 e. The fraction of sp³-hybridized carbons (Fsp3) is 0.419. The van der Waals surface area contributed by atoms with Gasteiger partial charge in [0.05, 0.1) is 47.1 Å². The highest BCUT2D eigenvalue weighted by Crippen LogP contribution is 2.49. The number of aliphatic hydroxyl groups excluding tert-OH is 2. The van der Waals surface area contributed by atoms with Gasteiger partial charge in [-0.3, -0.25) is 19.2 Å². The van der Waals surface area contributed by atoms with Crippen molar-refractivity contribution in [1.82, 2.24) is 5.32 Å². The van der Waals surface area contributed by atoms with Crippen LogP contribution in [0.5, 0.6) is 23.0 Å². The highest BCUT2D eigenvalue weighted by molar-refractivity contribution is 6.32. The number of amides is 1. The van der Waals surface area contributed by atoms with Crippen LogP contribution in [0, 0.1) is 36.4 Å². The maximum absolute atomic E-state index is 14.5. The summed E-state index contributed by atoms with van der Waals surface area (Å²) < 4.78 is 37.5. The van der Waals surface area contributed by atoms with Crippen molar-refractivity contribution in [3.63, 3.8) is 0 Å². The van der Waals surface area contributed by atoms with E-state index in [0.29, 0.717) is 12.1 Å². The Morgan fingerprint density at radius 1 is 0.932 bits per heavy atom. The Kier molecular flexibility index (Phi) is 12.9. The molecule has 3 heterocycles. The number of phenolic OH excluding ortho intramolecular Hbond substituents is 3. The molecule has 16 heteroatoms. The minimum atomic E-state index is -2.14. The molecular formula is C43H49FN2O13. The fourth-order valence-electron chi connectivity index (χ4n) is 7.53. The van der Waals surface area contributed by atoms with Gasteiger partial charge in [0.2, 0.25) is 5.78 Å². The van der Waals surface area contributed by atoms with Crippen molar-refractivity contribution >= 4 is 34.8 Å². The molecule has 0 radical (unpaired) electrons. The Labute approximate surface area is 340 Å². The van der Waals surface area contributed by atoms with Gasteiger partial charge in [0.15, 0.2) is 0 Å². The fourth-order valence-corrected chi connectivity index (χ4v) is 7.53. The predicted molar refractivity (Wildman–Crippen MR) is 211 cm³/mol. The number of nitrogens with zero attached hydrogens (tertiary/aromatic N) is 1. The summed E-state index contributed by atoms with van der Waals surface area (Å²) in [7, 11) is 1.40. The number of methoxy groups -OCH3 is 1. The van der Waals surface area contributed by atoms with Gasteiger partial charge in [-0.1, -0.05) is 45.9 Å². The first-order chi connectivity index (χ1) is 27.6. The van der Waals surface area contributed by atoms with Crippen LogP contribution in [0.4, 0.5) is 10.1 Å². The van der Waals surface area contributed by atoms with Crippen LogP contribution in [0.15, 0.2) is 65.0 Å². The van der Waals surface area contributed by atoms with E-state index in [4.69, 9.17) is 18.9 Å². The van der Waals surface area contributed by atoms with Crippen molar-refractivity contribution < 1.29 is 68.0 Å². The number of allylic oxidation sites excluding steroid dienone is 4. The minimum absolute atomic E-state index is 0.0476. The van der Waals surface area contributed by atoms with Gasteiger partial charge in [-0.2, -0.15) is 0 Å². The number of aliphatic imine (C=N–C) groups is 1. The Morgan fingerprint density at radius 2 is 1.58 bits per heavy atom. The van der Waals surface area contributed by atoms with Gasteiger partial charge < -0.3 is 49.8 Å². The molecule has 6 rings (SSSR count). The number of carbonyl (C=O) groups excluding carboxylic acids is 4. The number of aliphatic hydroxyl groups is 2. The molecule has 0 spiro atoms. The Balaban J connectivity index is 1.72. The Morgan fingerprint density at radius 3 is 2.19 bits per heavy atom. The summed E-state index contributed by atoms with van der Waals surface area (Å²) in [5.74, 6) is -11.4. The van der Waals surface area contributed by atoms with E-state index >= 15 is 0 Å². The molecule has 0 unspecified atom stereocenters. The number of esters is 1. The number of ether oxygens (including phenoxy) is 4. The van der Waals surface area contributed by atoms with Crippen LogP contribution in [0.1, 0.15) is 80.3 Å². The average molecular weight is 821 g/mol. The average Bonchev–Trinajstić information content (AvgIpc) is 3.44. The number of hydrogen-bond acceptors (Lipinski definition) is 14. The molecule has 1 amide bonds. The number of halogens is 1. The van der Waals surface area contributed by atoms with Gasteiger partial charge in [0, 0.05) is 73.5 Å². The van der Waals surface area contributed by atoms with Gasteiger partial charge >= 0.3 is 11.8 Å². The second-order valence-electron chi connectivity index (χ2n) is 15.3. The number of benzene rings is 2. The summed E-state index contributed by atoms with van der Waals surface area (Å²) in [5.41, 5.74) is -2.26. The van der Waals surface area contributed by atoms with E-state index < -0.39 is 117 Å². The number of aromatic hydroxyl groups is 3. The Hall–Kier alpha value is -5.84. The lowest BCUT2D eigenvalue weighted by atomic mass is 9.78. The van der Waals surface area contributed by atoms with E-state index in [2.05, 4.69) is 10.3 Å². The Bertz CT molecular complexity index is 2200. The van der Waals surface area contributed by atoms with Gasteiger partial charge in [-0.15, -0.1) is 0 Å². The standard InChI is InChI=1S/C43H49FN2O13/c1-18-11-10-12-19(2)42(55)46-27-17-26(45-34-28(48)15-25(44)16-29(34)49)31-32(38(27)53)37(52)23(6)40-33(31)41(54)43(8,59-40)57-14-13-30(56-9)20(3)39(58-24(7)47)22(5)36(51)21(4)35(18)50/h10-18,20-22,30,35-36,39,48-52H,1-9H3,(H,46,55)/b11-10+,14-13+,19-12-,45-26?/t18-,20+,21+,22+,30-,35-,36+,39+,43-/m0/s1. The largest absolute Gasteiger partial charge is 0.507 e. The molecule has 15 nitrogen and oxygen atoms in total. The zero-order valence-electron chi connectivity index (χ0n) is 34.1. The molecule has 5 bridgehead atoms. The lowest BCUT2D eigenvalue weighted by molar-refractivity contribution is -0.160. The number of rotatable bonds is 3. The first-order valence-corrected chi connectivity index (χ1v) is 18.9. The number of ketones is 2. The van der Waals surface area contributed by atoms with Crippen molar-refractivity contribution in [3.05, 3.63) is 88.1 Å². The van der Waals surface area contributed by atoms with E-state index in [0.717, 1.165) is 12.3 Å². The molecule has 59 heavy (non-hydrogen) atoms. The second-order valence-corrected chi connectivity index (χ2v) is 15.3. The highest BCUT2D eigenvalue weighted by Gasteiger charge is 2.51. The summed E-state index contributed by atoms with van der Waals surface area (Å²) in [4.78, 5) is 58.8. The van der Waals surface area contributed by atoms with E-state index in [1.165, 1.54) is 53.0 Å². The second kappa shape index (κ2) is 17.2. The lowest BCUT2D eigenvalue weighted by Gasteiger charge is -2.38. The molecule has 1 aliphatic carbocycles. The first kappa shape index (κ1) is 44.3. The number of phenols is 3. The maximum Gasteiger partial charge on any atom is 0.312 e. The molecule has 4 aliphatic rings.